The fourth-order valence-electron chi connectivity index (χ4n) is 3.31. The molecule has 132 valence electrons. The maximum Gasteiger partial charge on any atom is 0.225 e. The Morgan fingerprint density at radius 2 is 1.69 bits per heavy atom. The smallest absolute Gasteiger partial charge is 0.225 e. The Morgan fingerprint density at radius 1 is 0.923 bits per heavy atom. The average Bonchev–Trinajstić information content (AvgIpc) is 2.71. The van der Waals surface area contributed by atoms with Crippen LogP contribution in [0.5, 0.6) is 0 Å². The average molecular weight is 347 g/mol. The van der Waals surface area contributed by atoms with Gasteiger partial charge >= 0.3 is 0 Å². The number of hydrogen-bond donors (Lipinski definition) is 1. The van der Waals surface area contributed by atoms with Crippen LogP contribution < -0.4 is 10.2 Å². The molecule has 0 bridgehead atoms. The van der Waals surface area contributed by atoms with Crippen molar-refractivity contribution >= 4 is 17.6 Å². The van der Waals surface area contributed by atoms with E-state index >= 15 is 0 Å². The summed E-state index contributed by atoms with van der Waals surface area (Å²) in [5.74, 6) is 2.63. The molecule has 26 heavy (non-hydrogen) atoms. The number of nitrogens with zero attached hydrogens (tertiary/aromatic N) is 6. The molecule has 1 atom stereocenters. The van der Waals surface area contributed by atoms with Crippen LogP contribution in [0.1, 0.15) is 30.0 Å². The summed E-state index contributed by atoms with van der Waals surface area (Å²) in [6.45, 7) is 3.82. The van der Waals surface area contributed by atoms with Gasteiger partial charge in [-0.25, -0.2) is 19.9 Å². The highest BCUT2D eigenvalue weighted by molar-refractivity contribution is 5.58. The SMILES string of the molecule is Cc1cccnc1Nc1nccnc1[C@H]1CCCN(c2ncccn2)C1. The standard InChI is InChI=1S/C19H21N7/c1-14-5-2-7-21-17(14)25-18-16(20-10-11-22-18)15-6-3-12-26(13-15)19-23-8-4-9-24-19/h2,4-5,7-11,15H,3,6,12-13H2,1H3,(H,21,22,25)/t15-/m0/s1. The number of anilines is 3. The third-order valence-corrected chi connectivity index (χ3v) is 4.62. The highest BCUT2D eigenvalue weighted by atomic mass is 15.3. The van der Waals surface area contributed by atoms with Gasteiger partial charge in [-0.05, 0) is 37.5 Å². The van der Waals surface area contributed by atoms with E-state index in [0.29, 0.717) is 0 Å². The molecule has 1 aliphatic heterocycles. The molecule has 0 unspecified atom stereocenters. The number of nitrogens with one attached hydrogen (secondary N) is 1. The third-order valence-electron chi connectivity index (χ3n) is 4.62. The first kappa shape index (κ1) is 16.4. The van der Waals surface area contributed by atoms with Crippen LogP contribution in [0.25, 0.3) is 0 Å². The van der Waals surface area contributed by atoms with E-state index in [1.165, 1.54) is 0 Å². The summed E-state index contributed by atoms with van der Waals surface area (Å²) in [5, 5.41) is 3.36. The number of pyridine rings is 1. The van der Waals surface area contributed by atoms with Crippen molar-refractivity contribution in [2.45, 2.75) is 25.7 Å². The van der Waals surface area contributed by atoms with E-state index in [0.717, 1.165) is 54.8 Å². The second-order valence-electron chi connectivity index (χ2n) is 6.42. The van der Waals surface area contributed by atoms with Gasteiger partial charge in [0.15, 0.2) is 5.82 Å². The monoisotopic (exact) mass is 347 g/mol. The maximum absolute atomic E-state index is 4.64. The zero-order valence-electron chi connectivity index (χ0n) is 14.7. The lowest BCUT2D eigenvalue weighted by Gasteiger charge is -2.32. The highest BCUT2D eigenvalue weighted by Crippen LogP contribution is 2.31. The minimum atomic E-state index is 0.271. The Kier molecular flexibility index (Phi) is 4.68. The first-order valence-electron chi connectivity index (χ1n) is 8.83. The molecule has 0 spiro atoms. The van der Waals surface area contributed by atoms with Crippen LogP contribution in [0.3, 0.4) is 0 Å². The number of hydrogen-bond acceptors (Lipinski definition) is 7. The van der Waals surface area contributed by atoms with E-state index in [1.807, 2.05) is 25.1 Å². The van der Waals surface area contributed by atoms with Crippen molar-refractivity contribution in [3.05, 3.63) is 60.4 Å². The summed E-state index contributed by atoms with van der Waals surface area (Å²) in [4.78, 5) is 24.6. The van der Waals surface area contributed by atoms with Crippen molar-refractivity contribution in [2.24, 2.45) is 0 Å². The largest absolute Gasteiger partial charge is 0.340 e. The van der Waals surface area contributed by atoms with Crippen molar-refractivity contribution in [1.29, 1.82) is 0 Å². The maximum atomic E-state index is 4.64. The van der Waals surface area contributed by atoms with Crippen molar-refractivity contribution in [3.8, 4) is 0 Å². The lowest BCUT2D eigenvalue weighted by molar-refractivity contribution is 0.495. The van der Waals surface area contributed by atoms with E-state index in [9.17, 15) is 0 Å². The van der Waals surface area contributed by atoms with Crippen molar-refractivity contribution in [2.75, 3.05) is 23.3 Å². The van der Waals surface area contributed by atoms with E-state index in [4.69, 9.17) is 0 Å². The number of aryl methyl sites for hydroxylation is 1. The van der Waals surface area contributed by atoms with Gasteiger partial charge in [0.25, 0.3) is 0 Å². The molecular weight excluding hydrogens is 326 g/mol. The second-order valence-corrected chi connectivity index (χ2v) is 6.42. The molecular formula is C19H21N7. The van der Waals surface area contributed by atoms with Gasteiger partial charge in [0, 0.05) is 50.0 Å². The lowest BCUT2D eigenvalue weighted by atomic mass is 9.94. The van der Waals surface area contributed by atoms with Gasteiger partial charge in [-0.2, -0.15) is 0 Å². The van der Waals surface area contributed by atoms with E-state index in [1.54, 1.807) is 31.0 Å². The minimum Gasteiger partial charge on any atom is -0.340 e. The Labute approximate surface area is 152 Å². The van der Waals surface area contributed by atoms with E-state index in [2.05, 4.69) is 35.1 Å². The van der Waals surface area contributed by atoms with Gasteiger partial charge in [-0.3, -0.25) is 4.98 Å². The quantitative estimate of drug-likeness (QED) is 0.777. The van der Waals surface area contributed by atoms with Crippen molar-refractivity contribution < 1.29 is 0 Å². The minimum absolute atomic E-state index is 0.271. The van der Waals surface area contributed by atoms with Crippen LogP contribution in [0.2, 0.25) is 0 Å². The topological polar surface area (TPSA) is 79.7 Å². The summed E-state index contributed by atoms with van der Waals surface area (Å²) < 4.78 is 0. The summed E-state index contributed by atoms with van der Waals surface area (Å²) in [7, 11) is 0. The molecule has 0 saturated carbocycles. The predicted molar refractivity (Wildman–Crippen MR) is 101 cm³/mol. The number of aromatic nitrogens is 5. The molecule has 0 radical (unpaired) electrons. The summed E-state index contributed by atoms with van der Waals surface area (Å²) in [5.41, 5.74) is 2.05. The number of rotatable bonds is 4. The summed E-state index contributed by atoms with van der Waals surface area (Å²) in [6.07, 6.45) is 10.9. The Hall–Kier alpha value is -3.09. The molecule has 1 aliphatic rings. The van der Waals surface area contributed by atoms with Crippen LogP contribution in [0.15, 0.2) is 49.2 Å². The molecule has 0 aromatic carbocycles. The molecule has 0 amide bonds. The first-order valence-corrected chi connectivity index (χ1v) is 8.83. The molecule has 1 saturated heterocycles. The third kappa shape index (κ3) is 3.46. The van der Waals surface area contributed by atoms with Crippen LogP contribution in [0, 0.1) is 6.92 Å². The molecule has 3 aromatic heterocycles. The Morgan fingerprint density at radius 3 is 2.54 bits per heavy atom. The van der Waals surface area contributed by atoms with Crippen LogP contribution >= 0.6 is 0 Å². The van der Waals surface area contributed by atoms with Crippen LogP contribution in [0.4, 0.5) is 17.6 Å². The van der Waals surface area contributed by atoms with Crippen LogP contribution in [-0.4, -0.2) is 38.0 Å². The molecule has 0 aliphatic carbocycles. The van der Waals surface area contributed by atoms with Gasteiger partial charge in [-0.15, -0.1) is 0 Å². The van der Waals surface area contributed by atoms with Gasteiger partial charge < -0.3 is 10.2 Å². The van der Waals surface area contributed by atoms with Gasteiger partial charge in [-0.1, -0.05) is 6.07 Å². The highest BCUT2D eigenvalue weighted by Gasteiger charge is 2.26. The summed E-state index contributed by atoms with van der Waals surface area (Å²) >= 11 is 0. The van der Waals surface area contributed by atoms with Crippen molar-refractivity contribution in [3.63, 3.8) is 0 Å². The lowest BCUT2D eigenvalue weighted by Crippen LogP contribution is -2.36. The first-order chi connectivity index (χ1) is 12.8. The number of piperidine rings is 1. The van der Waals surface area contributed by atoms with Gasteiger partial charge in [0.05, 0.1) is 5.69 Å². The van der Waals surface area contributed by atoms with Gasteiger partial charge in [0.2, 0.25) is 5.95 Å². The van der Waals surface area contributed by atoms with E-state index < -0.39 is 0 Å². The molecule has 3 aromatic rings. The Bertz CT molecular complexity index is 869. The molecule has 1 N–H and O–H groups in total. The van der Waals surface area contributed by atoms with E-state index in [-0.39, 0.29) is 5.92 Å². The molecule has 7 heteroatoms. The zero-order valence-corrected chi connectivity index (χ0v) is 14.7. The fraction of sp³-hybridized carbons (Fsp3) is 0.316. The predicted octanol–water partition coefficient (Wildman–Crippen LogP) is 3.10. The Balaban J connectivity index is 1.59. The summed E-state index contributed by atoms with van der Waals surface area (Å²) in [6, 6.07) is 5.79. The van der Waals surface area contributed by atoms with Gasteiger partial charge in [0.1, 0.15) is 5.82 Å². The fourth-order valence-corrected chi connectivity index (χ4v) is 3.31. The molecule has 7 nitrogen and oxygen atoms in total. The molecule has 4 rings (SSSR count). The second kappa shape index (κ2) is 7.43. The van der Waals surface area contributed by atoms with Crippen LogP contribution in [-0.2, 0) is 0 Å². The van der Waals surface area contributed by atoms with Crippen molar-refractivity contribution in [1.82, 2.24) is 24.9 Å². The molecule has 1 fully saturated rings. The molecule has 4 heterocycles. The normalized spacial score (nSPS) is 17.1. The zero-order chi connectivity index (χ0) is 17.8.